The number of unbranched alkanes of at least 4 members (excludes halogenated alkanes) is 1. The number of hydrogen-bond donors (Lipinski definition) is 2. The van der Waals surface area contributed by atoms with Gasteiger partial charge in [0.15, 0.2) is 0 Å². The van der Waals surface area contributed by atoms with Gasteiger partial charge in [0.2, 0.25) is 0 Å². The summed E-state index contributed by atoms with van der Waals surface area (Å²) in [5.74, 6) is -0.570. The van der Waals surface area contributed by atoms with Gasteiger partial charge >= 0.3 is 11.9 Å². The summed E-state index contributed by atoms with van der Waals surface area (Å²) < 4.78 is 9.96. The average molecular weight is 430 g/mol. The monoisotopic (exact) mass is 429 g/mol. The van der Waals surface area contributed by atoms with Crippen LogP contribution in [0.3, 0.4) is 0 Å². The van der Waals surface area contributed by atoms with E-state index in [-0.39, 0.29) is 11.9 Å². The predicted molar refractivity (Wildman–Crippen MR) is 125 cm³/mol. The van der Waals surface area contributed by atoms with E-state index in [0.717, 1.165) is 25.2 Å². The summed E-state index contributed by atoms with van der Waals surface area (Å²) in [6.45, 7) is 6.45. The van der Waals surface area contributed by atoms with E-state index in [2.05, 4.69) is 12.2 Å². The number of likely N-dealkylation sites (N-methyl/N-ethyl adjacent to an activating group) is 1. The normalized spacial score (nSPS) is 10.1. The molecule has 0 amide bonds. The molecule has 0 aromatic heterocycles. The fraction of sp³-hybridized carbons (Fsp3) is 0.417. The van der Waals surface area contributed by atoms with Crippen LogP contribution in [0.4, 0.5) is 11.4 Å². The molecule has 0 saturated carbocycles. The molecular formula is C24H35N3O4. The number of anilines is 2. The van der Waals surface area contributed by atoms with Gasteiger partial charge in [-0.05, 0) is 76.0 Å². The fourth-order valence-corrected chi connectivity index (χ4v) is 2.37. The van der Waals surface area contributed by atoms with E-state index in [1.54, 1.807) is 43.3 Å². The molecule has 0 saturated heterocycles. The van der Waals surface area contributed by atoms with Crippen molar-refractivity contribution in [3.05, 3.63) is 59.7 Å². The highest BCUT2D eigenvalue weighted by Crippen LogP contribution is 2.11. The Morgan fingerprint density at radius 2 is 1.45 bits per heavy atom. The van der Waals surface area contributed by atoms with Crippen molar-refractivity contribution in [2.45, 2.75) is 26.7 Å². The molecule has 0 unspecified atom stereocenters. The molecule has 0 bridgehead atoms. The zero-order valence-corrected chi connectivity index (χ0v) is 19.0. The first kappa shape index (κ1) is 26.0. The number of carbonyl (C=O) groups is 2. The van der Waals surface area contributed by atoms with E-state index in [0.29, 0.717) is 30.0 Å². The molecule has 0 aliphatic carbocycles. The highest BCUT2D eigenvalue weighted by molar-refractivity contribution is 5.90. The number of carbonyl (C=O) groups excluding carboxylic acids is 2. The van der Waals surface area contributed by atoms with Crippen molar-refractivity contribution >= 4 is 23.3 Å². The lowest BCUT2D eigenvalue weighted by atomic mass is 10.2. The molecule has 0 heterocycles. The lowest BCUT2D eigenvalue weighted by molar-refractivity contribution is 0.0480. The Balaban J connectivity index is 0.000000343. The van der Waals surface area contributed by atoms with Crippen molar-refractivity contribution in [2.24, 2.45) is 0 Å². The first-order chi connectivity index (χ1) is 14.9. The van der Waals surface area contributed by atoms with Crippen molar-refractivity contribution in [3.63, 3.8) is 0 Å². The van der Waals surface area contributed by atoms with Crippen LogP contribution in [0.15, 0.2) is 48.5 Å². The molecule has 7 heteroatoms. The lowest BCUT2D eigenvalue weighted by Crippen LogP contribution is -2.20. The van der Waals surface area contributed by atoms with Crippen LogP contribution < -0.4 is 11.1 Å². The Morgan fingerprint density at radius 3 is 1.97 bits per heavy atom. The number of benzene rings is 2. The number of nitrogens with two attached hydrogens (primary N) is 1. The second-order valence-electron chi connectivity index (χ2n) is 7.14. The molecule has 7 nitrogen and oxygen atoms in total. The van der Waals surface area contributed by atoms with Crippen molar-refractivity contribution in [2.75, 3.05) is 51.4 Å². The number of rotatable bonds is 10. The minimum atomic E-state index is -0.308. The highest BCUT2D eigenvalue weighted by atomic mass is 16.5. The zero-order chi connectivity index (χ0) is 23.1. The Kier molecular flexibility index (Phi) is 12.4. The molecule has 0 spiro atoms. The summed E-state index contributed by atoms with van der Waals surface area (Å²) in [5.41, 5.74) is 8.26. The third-order valence-electron chi connectivity index (χ3n) is 4.17. The molecule has 0 atom stereocenters. The maximum atomic E-state index is 11.7. The smallest absolute Gasteiger partial charge is 0.338 e. The van der Waals surface area contributed by atoms with E-state index < -0.39 is 0 Å². The van der Waals surface area contributed by atoms with Gasteiger partial charge in [-0.25, -0.2) is 9.59 Å². The molecule has 2 rings (SSSR count). The minimum absolute atomic E-state index is 0.262. The summed E-state index contributed by atoms with van der Waals surface area (Å²) in [7, 11) is 3.90. The van der Waals surface area contributed by atoms with E-state index in [1.807, 2.05) is 31.1 Å². The molecule has 0 aliphatic heterocycles. The number of nitrogens with zero attached hydrogens (tertiary/aromatic N) is 1. The summed E-state index contributed by atoms with van der Waals surface area (Å²) >= 11 is 0. The number of ether oxygens (including phenoxy) is 2. The first-order valence-corrected chi connectivity index (χ1v) is 10.6. The van der Waals surface area contributed by atoms with Crippen LogP contribution in [0.2, 0.25) is 0 Å². The molecule has 0 fully saturated rings. The van der Waals surface area contributed by atoms with Gasteiger partial charge < -0.3 is 25.4 Å². The number of nitrogen functional groups attached to an aromatic ring is 1. The molecular weight excluding hydrogens is 394 g/mol. The molecule has 2 aromatic rings. The third-order valence-corrected chi connectivity index (χ3v) is 4.17. The van der Waals surface area contributed by atoms with Crippen LogP contribution in [0.1, 0.15) is 47.4 Å². The Hall–Kier alpha value is -3.06. The quantitative estimate of drug-likeness (QED) is 0.334. The Labute approximate surface area is 185 Å². The van der Waals surface area contributed by atoms with Gasteiger partial charge in [0.05, 0.1) is 17.7 Å². The molecule has 31 heavy (non-hydrogen) atoms. The van der Waals surface area contributed by atoms with Crippen LogP contribution in [0, 0.1) is 0 Å². The highest BCUT2D eigenvalue weighted by Gasteiger charge is 2.07. The number of nitrogens with one attached hydrogen (secondary N) is 1. The zero-order valence-electron chi connectivity index (χ0n) is 19.0. The second-order valence-corrected chi connectivity index (χ2v) is 7.14. The average Bonchev–Trinajstić information content (AvgIpc) is 2.75. The molecule has 2 aromatic carbocycles. The molecule has 170 valence electrons. The van der Waals surface area contributed by atoms with Crippen LogP contribution in [-0.4, -0.2) is 57.2 Å². The van der Waals surface area contributed by atoms with Crippen LogP contribution in [0.25, 0.3) is 0 Å². The largest absolute Gasteiger partial charge is 0.462 e. The van der Waals surface area contributed by atoms with Gasteiger partial charge in [-0.1, -0.05) is 13.3 Å². The van der Waals surface area contributed by atoms with Crippen molar-refractivity contribution in [1.82, 2.24) is 4.90 Å². The Bertz CT molecular complexity index is 774. The van der Waals surface area contributed by atoms with Crippen LogP contribution in [0.5, 0.6) is 0 Å². The van der Waals surface area contributed by atoms with Gasteiger partial charge in [0.1, 0.15) is 6.61 Å². The topological polar surface area (TPSA) is 93.9 Å². The summed E-state index contributed by atoms with van der Waals surface area (Å²) in [6.07, 6.45) is 2.32. The minimum Gasteiger partial charge on any atom is -0.462 e. The van der Waals surface area contributed by atoms with Gasteiger partial charge in [-0.3, -0.25) is 0 Å². The summed E-state index contributed by atoms with van der Waals surface area (Å²) in [4.78, 5) is 24.8. The summed E-state index contributed by atoms with van der Waals surface area (Å²) in [5, 5.41) is 3.31. The van der Waals surface area contributed by atoms with Crippen LogP contribution in [-0.2, 0) is 9.47 Å². The lowest BCUT2D eigenvalue weighted by Gasteiger charge is -2.10. The van der Waals surface area contributed by atoms with Gasteiger partial charge in [-0.2, -0.15) is 0 Å². The van der Waals surface area contributed by atoms with Crippen molar-refractivity contribution in [1.29, 1.82) is 0 Å². The Morgan fingerprint density at radius 1 is 0.903 bits per heavy atom. The van der Waals surface area contributed by atoms with E-state index >= 15 is 0 Å². The third kappa shape index (κ3) is 11.1. The molecule has 3 N–H and O–H groups in total. The summed E-state index contributed by atoms with van der Waals surface area (Å²) in [6, 6.07) is 14.1. The molecule has 0 radical (unpaired) electrons. The van der Waals surface area contributed by atoms with Crippen LogP contribution >= 0.6 is 0 Å². The van der Waals surface area contributed by atoms with E-state index in [9.17, 15) is 9.59 Å². The predicted octanol–water partition coefficient (Wildman–Crippen LogP) is 4.06. The van der Waals surface area contributed by atoms with Crippen molar-refractivity contribution < 1.29 is 19.1 Å². The standard InChI is InChI=1S/C15H24N2O2.C9H11NO2/c1-4-5-10-16-14-8-6-13(7-9-14)15(18)19-12-11-17(2)3;1-2-12-9(11)7-3-5-8(10)6-4-7/h6-9,16H,4-5,10-12H2,1-3H3;3-6H,2,10H2,1H3. The SMILES string of the molecule is CCCCNc1ccc(C(=O)OCCN(C)C)cc1.CCOC(=O)c1ccc(N)cc1. The van der Waals surface area contributed by atoms with Gasteiger partial charge in [0, 0.05) is 24.5 Å². The van der Waals surface area contributed by atoms with E-state index in [1.165, 1.54) is 6.42 Å². The van der Waals surface area contributed by atoms with Crippen molar-refractivity contribution in [3.8, 4) is 0 Å². The fourth-order valence-electron chi connectivity index (χ4n) is 2.37. The van der Waals surface area contributed by atoms with Gasteiger partial charge in [-0.15, -0.1) is 0 Å². The number of esters is 2. The maximum Gasteiger partial charge on any atom is 0.338 e. The van der Waals surface area contributed by atoms with E-state index in [4.69, 9.17) is 15.2 Å². The maximum absolute atomic E-state index is 11.7. The van der Waals surface area contributed by atoms with Gasteiger partial charge in [0.25, 0.3) is 0 Å². The molecule has 0 aliphatic rings. The first-order valence-electron chi connectivity index (χ1n) is 10.6. The number of hydrogen-bond acceptors (Lipinski definition) is 7. The second kappa shape index (κ2) is 14.8.